The average Bonchev–Trinajstić information content (AvgIpc) is 2.62. The number of sulfonamides is 1. The monoisotopic (exact) mass is 380 g/mol. The van der Waals surface area contributed by atoms with Crippen molar-refractivity contribution in [2.24, 2.45) is 5.92 Å². The molecule has 1 heterocycles. The molecular weight excluding hydrogens is 348 g/mol. The molecule has 1 aliphatic rings. The first kappa shape index (κ1) is 20.9. The van der Waals surface area contributed by atoms with Gasteiger partial charge in [0.15, 0.2) is 0 Å². The second-order valence-corrected chi connectivity index (χ2v) is 9.63. The zero-order valence-electron chi connectivity index (χ0n) is 16.2. The Kier molecular flexibility index (Phi) is 7.65. The number of carbonyl (C=O) groups excluding carboxylic acids is 1. The van der Waals surface area contributed by atoms with Crippen LogP contribution in [0.25, 0.3) is 0 Å². The minimum atomic E-state index is -3.45. The van der Waals surface area contributed by atoms with Gasteiger partial charge < -0.3 is 5.32 Å². The van der Waals surface area contributed by atoms with Crippen molar-refractivity contribution < 1.29 is 13.2 Å². The molecule has 1 saturated heterocycles. The fraction of sp³-hybridized carbons (Fsp3) is 0.650. The van der Waals surface area contributed by atoms with E-state index in [9.17, 15) is 13.2 Å². The molecule has 2 rings (SSSR count). The topological polar surface area (TPSA) is 66.5 Å². The zero-order chi connectivity index (χ0) is 19.2. The number of amides is 1. The predicted octanol–water partition coefficient (Wildman–Crippen LogP) is 3.81. The Morgan fingerprint density at radius 1 is 1.04 bits per heavy atom. The van der Waals surface area contributed by atoms with Crippen molar-refractivity contribution >= 4 is 15.9 Å². The zero-order valence-corrected chi connectivity index (χ0v) is 17.0. The average molecular weight is 381 g/mol. The Bertz CT molecular complexity index is 678. The Morgan fingerprint density at radius 3 is 2.23 bits per heavy atom. The Balaban J connectivity index is 1.94. The molecule has 1 N–H and O–H groups in total. The summed E-state index contributed by atoms with van der Waals surface area (Å²) in [4.78, 5) is 12.6. The lowest BCUT2D eigenvalue weighted by Gasteiger charge is -2.25. The van der Waals surface area contributed by atoms with Gasteiger partial charge in [-0.3, -0.25) is 4.79 Å². The summed E-state index contributed by atoms with van der Waals surface area (Å²) >= 11 is 0. The Morgan fingerprint density at radius 2 is 1.65 bits per heavy atom. The van der Waals surface area contributed by atoms with E-state index in [2.05, 4.69) is 19.2 Å². The van der Waals surface area contributed by atoms with E-state index in [1.165, 1.54) is 0 Å². The van der Waals surface area contributed by atoms with E-state index in [1.807, 2.05) is 6.92 Å². The van der Waals surface area contributed by atoms with Crippen LogP contribution in [0.5, 0.6) is 0 Å². The maximum Gasteiger partial charge on any atom is 0.251 e. The molecule has 1 fully saturated rings. The van der Waals surface area contributed by atoms with Gasteiger partial charge in [0.1, 0.15) is 0 Å². The van der Waals surface area contributed by atoms with Gasteiger partial charge in [0.2, 0.25) is 10.0 Å². The number of piperidine rings is 1. The van der Waals surface area contributed by atoms with Gasteiger partial charge >= 0.3 is 0 Å². The first-order valence-corrected chi connectivity index (χ1v) is 11.2. The van der Waals surface area contributed by atoms with Crippen LogP contribution in [-0.2, 0) is 10.0 Å². The second-order valence-electron chi connectivity index (χ2n) is 7.69. The smallest absolute Gasteiger partial charge is 0.251 e. The maximum absolute atomic E-state index is 12.6. The normalized spacial score (nSPS) is 17.2. The highest BCUT2D eigenvalue weighted by molar-refractivity contribution is 7.89. The third-order valence-corrected chi connectivity index (χ3v) is 6.78. The molecule has 0 unspecified atom stereocenters. The summed E-state index contributed by atoms with van der Waals surface area (Å²) in [5.74, 6) is 0.524. The number of benzene rings is 1. The highest BCUT2D eigenvalue weighted by atomic mass is 32.2. The first-order valence-electron chi connectivity index (χ1n) is 9.72. The molecule has 26 heavy (non-hydrogen) atoms. The molecule has 0 saturated carbocycles. The van der Waals surface area contributed by atoms with E-state index in [0.29, 0.717) is 24.6 Å². The molecule has 0 aromatic heterocycles. The van der Waals surface area contributed by atoms with Crippen molar-refractivity contribution in [2.45, 2.75) is 70.2 Å². The number of rotatable bonds is 8. The molecule has 1 aromatic carbocycles. The standard InChI is InChI=1S/C20H32N2O3S/c1-16(2)8-7-9-17(3)21-20(23)18-10-12-19(13-11-18)26(24,25)22-14-5-4-6-15-22/h10-13,16-17H,4-9,14-15H2,1-3H3,(H,21,23)/t17-/m1/s1. The van der Waals surface area contributed by atoms with E-state index in [4.69, 9.17) is 0 Å². The molecule has 5 nitrogen and oxygen atoms in total. The lowest BCUT2D eigenvalue weighted by Crippen LogP contribution is -2.35. The molecule has 1 amide bonds. The van der Waals surface area contributed by atoms with E-state index in [1.54, 1.807) is 28.6 Å². The van der Waals surface area contributed by atoms with E-state index >= 15 is 0 Å². The number of hydrogen-bond donors (Lipinski definition) is 1. The Labute approximate surface area is 158 Å². The number of nitrogens with one attached hydrogen (secondary N) is 1. The Hall–Kier alpha value is -1.40. The molecule has 0 spiro atoms. The molecule has 1 atom stereocenters. The van der Waals surface area contributed by atoms with Crippen LogP contribution in [-0.4, -0.2) is 37.8 Å². The minimum absolute atomic E-state index is 0.109. The minimum Gasteiger partial charge on any atom is -0.350 e. The summed E-state index contributed by atoms with van der Waals surface area (Å²) in [6.07, 6.45) is 6.10. The molecule has 0 aliphatic carbocycles. The molecule has 0 bridgehead atoms. The quantitative estimate of drug-likeness (QED) is 0.746. The van der Waals surface area contributed by atoms with Gasteiger partial charge in [0.25, 0.3) is 5.91 Å². The fourth-order valence-corrected chi connectivity index (χ4v) is 4.76. The SMILES string of the molecule is CC(C)CCC[C@@H](C)NC(=O)c1ccc(S(=O)(=O)N2CCCCC2)cc1. The first-order chi connectivity index (χ1) is 12.3. The van der Waals surface area contributed by atoms with Crippen LogP contribution < -0.4 is 5.32 Å². The van der Waals surface area contributed by atoms with Crippen LogP contribution in [0.2, 0.25) is 0 Å². The summed E-state index contributed by atoms with van der Waals surface area (Å²) in [6, 6.07) is 6.41. The van der Waals surface area contributed by atoms with Crippen molar-refractivity contribution in [1.82, 2.24) is 9.62 Å². The van der Waals surface area contributed by atoms with Crippen molar-refractivity contribution in [1.29, 1.82) is 0 Å². The van der Waals surface area contributed by atoms with Gasteiger partial charge in [-0.2, -0.15) is 4.31 Å². The van der Waals surface area contributed by atoms with Crippen LogP contribution in [0.15, 0.2) is 29.2 Å². The highest BCUT2D eigenvalue weighted by Gasteiger charge is 2.26. The molecule has 146 valence electrons. The third-order valence-electron chi connectivity index (χ3n) is 4.87. The maximum atomic E-state index is 12.6. The highest BCUT2D eigenvalue weighted by Crippen LogP contribution is 2.21. The lowest BCUT2D eigenvalue weighted by atomic mass is 10.0. The van der Waals surface area contributed by atoms with Gasteiger partial charge in [-0.1, -0.05) is 33.1 Å². The summed E-state index contributed by atoms with van der Waals surface area (Å²) in [6.45, 7) is 7.57. The number of hydrogen-bond acceptors (Lipinski definition) is 3. The van der Waals surface area contributed by atoms with Crippen LogP contribution in [0.4, 0.5) is 0 Å². The summed E-state index contributed by atoms with van der Waals surface area (Å²) in [5.41, 5.74) is 0.498. The van der Waals surface area contributed by atoms with Gasteiger partial charge in [-0.25, -0.2) is 8.42 Å². The van der Waals surface area contributed by atoms with Crippen molar-refractivity contribution in [3.8, 4) is 0 Å². The van der Waals surface area contributed by atoms with Crippen LogP contribution in [0.3, 0.4) is 0 Å². The van der Waals surface area contributed by atoms with Crippen LogP contribution in [0, 0.1) is 5.92 Å². The van der Waals surface area contributed by atoms with Crippen molar-refractivity contribution in [3.63, 3.8) is 0 Å². The second kappa shape index (κ2) is 9.51. The largest absolute Gasteiger partial charge is 0.350 e. The van der Waals surface area contributed by atoms with E-state index in [-0.39, 0.29) is 16.8 Å². The molecule has 1 aromatic rings. The lowest BCUT2D eigenvalue weighted by molar-refractivity contribution is 0.0937. The fourth-order valence-electron chi connectivity index (χ4n) is 3.24. The van der Waals surface area contributed by atoms with Gasteiger partial charge in [-0.15, -0.1) is 0 Å². The third kappa shape index (κ3) is 5.81. The van der Waals surface area contributed by atoms with Crippen LogP contribution >= 0.6 is 0 Å². The number of carbonyl (C=O) groups is 1. The predicted molar refractivity (Wildman–Crippen MR) is 105 cm³/mol. The molecule has 1 aliphatic heterocycles. The van der Waals surface area contributed by atoms with Crippen molar-refractivity contribution in [2.75, 3.05) is 13.1 Å². The molecule has 6 heteroatoms. The van der Waals surface area contributed by atoms with Gasteiger partial charge in [-0.05, 0) is 56.4 Å². The molecular formula is C20H32N2O3S. The van der Waals surface area contributed by atoms with Gasteiger partial charge in [0.05, 0.1) is 4.90 Å². The molecule has 0 radical (unpaired) electrons. The van der Waals surface area contributed by atoms with Crippen molar-refractivity contribution in [3.05, 3.63) is 29.8 Å². The summed E-state index contributed by atoms with van der Waals surface area (Å²) in [7, 11) is -3.45. The summed E-state index contributed by atoms with van der Waals surface area (Å²) < 4.78 is 26.8. The van der Waals surface area contributed by atoms with Crippen LogP contribution in [0.1, 0.15) is 69.7 Å². The van der Waals surface area contributed by atoms with E-state index < -0.39 is 10.0 Å². The van der Waals surface area contributed by atoms with E-state index in [0.717, 1.165) is 38.5 Å². The number of nitrogens with zero attached hydrogens (tertiary/aromatic N) is 1. The summed E-state index contributed by atoms with van der Waals surface area (Å²) in [5, 5.41) is 2.99. The van der Waals surface area contributed by atoms with Gasteiger partial charge in [0, 0.05) is 24.7 Å².